The first-order valence-corrected chi connectivity index (χ1v) is 10.1. The molecule has 0 amide bonds. The Hall–Kier alpha value is -1.97. The highest BCUT2D eigenvalue weighted by Gasteiger charge is 2.21. The number of aliphatic imine (C=N–C) groups is 1. The van der Waals surface area contributed by atoms with Gasteiger partial charge < -0.3 is 19.9 Å². The minimum atomic E-state index is 0. The van der Waals surface area contributed by atoms with Crippen molar-refractivity contribution < 1.29 is 4.74 Å². The summed E-state index contributed by atoms with van der Waals surface area (Å²) < 4.78 is 7.49. The minimum absolute atomic E-state index is 0. The molecule has 8 heteroatoms. The number of methoxy groups -OCH3 is 1. The van der Waals surface area contributed by atoms with Crippen LogP contribution in [0.1, 0.15) is 13.8 Å². The molecule has 1 N–H and O–H groups in total. The summed E-state index contributed by atoms with van der Waals surface area (Å²) in [6.07, 6.45) is 3.82. The van der Waals surface area contributed by atoms with E-state index < -0.39 is 0 Å². The highest BCUT2D eigenvalue weighted by atomic mass is 127. The first-order valence-electron chi connectivity index (χ1n) is 10.1. The average Bonchev–Trinajstić information content (AvgIpc) is 3.24. The quantitative estimate of drug-likeness (QED) is 0.352. The third-order valence-corrected chi connectivity index (χ3v) is 4.95. The number of rotatable bonds is 7. The lowest BCUT2D eigenvalue weighted by atomic mass is 10.2. The standard InChI is InChI=1S/C21H32N6O.HI/c1-4-22-21(23-16-18(2)17-27-11-7-10-24-27)26-14-12-25(13-15-26)19-8-5-6-9-20(19)28-3;/h5-11,18H,4,12-17H2,1-3H3,(H,22,23);1H. The molecule has 0 saturated carbocycles. The molecule has 1 aliphatic rings. The molecule has 2 aromatic rings. The summed E-state index contributed by atoms with van der Waals surface area (Å²) in [5.41, 5.74) is 1.17. The maximum absolute atomic E-state index is 5.52. The molecule has 1 atom stereocenters. The van der Waals surface area contributed by atoms with Crippen LogP contribution in [0.2, 0.25) is 0 Å². The molecule has 1 aliphatic heterocycles. The number of halogens is 1. The number of anilines is 1. The summed E-state index contributed by atoms with van der Waals surface area (Å²) in [6.45, 7) is 10.7. The van der Waals surface area contributed by atoms with Gasteiger partial charge in [0.05, 0.1) is 12.8 Å². The highest BCUT2D eigenvalue weighted by molar-refractivity contribution is 14.0. The van der Waals surface area contributed by atoms with Gasteiger partial charge in [-0.1, -0.05) is 19.1 Å². The van der Waals surface area contributed by atoms with Gasteiger partial charge in [0.15, 0.2) is 5.96 Å². The molecule has 1 aromatic heterocycles. The number of benzene rings is 1. The van der Waals surface area contributed by atoms with Crippen molar-refractivity contribution in [2.75, 3.05) is 51.3 Å². The molecule has 2 heterocycles. The fourth-order valence-corrected chi connectivity index (χ4v) is 3.50. The molecule has 7 nitrogen and oxygen atoms in total. The molecule has 1 saturated heterocycles. The van der Waals surface area contributed by atoms with Crippen molar-refractivity contribution in [2.24, 2.45) is 10.9 Å². The van der Waals surface area contributed by atoms with Crippen LogP contribution >= 0.6 is 24.0 Å². The number of aromatic nitrogens is 2. The van der Waals surface area contributed by atoms with Crippen molar-refractivity contribution in [3.05, 3.63) is 42.7 Å². The SMILES string of the molecule is CCNC(=NCC(C)Cn1cccn1)N1CCN(c2ccccc2OC)CC1.I. The summed E-state index contributed by atoms with van der Waals surface area (Å²) in [6, 6.07) is 10.2. The number of nitrogens with one attached hydrogen (secondary N) is 1. The lowest BCUT2D eigenvalue weighted by Gasteiger charge is -2.38. The predicted octanol–water partition coefficient (Wildman–Crippen LogP) is 2.93. The Balaban J connectivity index is 0.00000300. The van der Waals surface area contributed by atoms with Crippen molar-refractivity contribution in [2.45, 2.75) is 20.4 Å². The second kappa shape index (κ2) is 11.9. The van der Waals surface area contributed by atoms with Gasteiger partial charge in [-0.05, 0) is 31.0 Å². The summed E-state index contributed by atoms with van der Waals surface area (Å²) in [7, 11) is 1.73. The van der Waals surface area contributed by atoms with Gasteiger partial charge in [0, 0.05) is 58.2 Å². The third-order valence-electron chi connectivity index (χ3n) is 4.95. The Morgan fingerprint density at radius 1 is 1.21 bits per heavy atom. The molecule has 3 rings (SSSR count). The Morgan fingerprint density at radius 3 is 2.62 bits per heavy atom. The van der Waals surface area contributed by atoms with Crippen LogP contribution in [0.4, 0.5) is 5.69 Å². The normalized spacial score (nSPS) is 15.6. The fourth-order valence-electron chi connectivity index (χ4n) is 3.50. The number of hydrogen-bond acceptors (Lipinski definition) is 4. The Kier molecular flexibility index (Phi) is 9.56. The summed E-state index contributed by atoms with van der Waals surface area (Å²) in [4.78, 5) is 9.64. The molecule has 29 heavy (non-hydrogen) atoms. The van der Waals surface area contributed by atoms with Crippen LogP contribution in [-0.2, 0) is 6.54 Å². The molecule has 1 fully saturated rings. The molecular formula is C21H33IN6O. The van der Waals surface area contributed by atoms with E-state index in [1.54, 1.807) is 7.11 Å². The maximum atomic E-state index is 5.52. The molecule has 0 aliphatic carbocycles. The first kappa shape index (κ1) is 23.3. The van der Waals surface area contributed by atoms with E-state index in [-0.39, 0.29) is 24.0 Å². The number of hydrogen-bond donors (Lipinski definition) is 1. The van der Waals surface area contributed by atoms with Crippen LogP contribution in [0.25, 0.3) is 0 Å². The smallest absolute Gasteiger partial charge is 0.194 e. The van der Waals surface area contributed by atoms with E-state index in [0.29, 0.717) is 5.92 Å². The van der Waals surface area contributed by atoms with Gasteiger partial charge >= 0.3 is 0 Å². The van der Waals surface area contributed by atoms with Gasteiger partial charge in [-0.25, -0.2) is 0 Å². The van der Waals surface area contributed by atoms with E-state index in [9.17, 15) is 0 Å². The molecule has 1 aromatic carbocycles. The zero-order valence-corrected chi connectivity index (χ0v) is 20.0. The average molecular weight is 512 g/mol. The second-order valence-corrected chi connectivity index (χ2v) is 7.17. The van der Waals surface area contributed by atoms with Crippen LogP contribution in [0.15, 0.2) is 47.7 Å². The van der Waals surface area contributed by atoms with Crippen molar-refractivity contribution >= 4 is 35.6 Å². The second-order valence-electron chi connectivity index (χ2n) is 7.17. The van der Waals surface area contributed by atoms with Crippen molar-refractivity contribution in [1.82, 2.24) is 20.0 Å². The Bertz CT molecular complexity index is 743. The van der Waals surface area contributed by atoms with Gasteiger partial charge in [0.25, 0.3) is 0 Å². The number of piperazine rings is 1. The third kappa shape index (κ3) is 6.52. The predicted molar refractivity (Wildman–Crippen MR) is 130 cm³/mol. The van der Waals surface area contributed by atoms with E-state index in [4.69, 9.17) is 9.73 Å². The summed E-state index contributed by atoms with van der Waals surface area (Å²) >= 11 is 0. The minimum Gasteiger partial charge on any atom is -0.495 e. The lowest BCUT2D eigenvalue weighted by molar-refractivity contribution is 0.364. The number of ether oxygens (including phenoxy) is 1. The Morgan fingerprint density at radius 2 is 1.97 bits per heavy atom. The van der Waals surface area contributed by atoms with Gasteiger partial charge in [-0.15, -0.1) is 24.0 Å². The van der Waals surface area contributed by atoms with Crippen molar-refractivity contribution in [3.63, 3.8) is 0 Å². The number of guanidine groups is 1. The molecule has 160 valence electrons. The summed E-state index contributed by atoms with van der Waals surface area (Å²) in [5, 5.41) is 7.74. The van der Waals surface area contributed by atoms with E-state index >= 15 is 0 Å². The van der Waals surface area contributed by atoms with E-state index in [0.717, 1.165) is 57.5 Å². The molecule has 0 spiro atoms. The van der Waals surface area contributed by atoms with E-state index in [1.807, 2.05) is 35.3 Å². The van der Waals surface area contributed by atoms with Crippen LogP contribution in [0, 0.1) is 5.92 Å². The van der Waals surface area contributed by atoms with E-state index in [1.165, 1.54) is 5.69 Å². The van der Waals surface area contributed by atoms with Crippen LogP contribution in [0.5, 0.6) is 5.75 Å². The topological polar surface area (TPSA) is 57.9 Å². The van der Waals surface area contributed by atoms with Gasteiger partial charge in [-0.3, -0.25) is 9.67 Å². The van der Waals surface area contributed by atoms with Crippen LogP contribution < -0.4 is 15.0 Å². The van der Waals surface area contributed by atoms with Gasteiger partial charge in [0.2, 0.25) is 0 Å². The summed E-state index contributed by atoms with van der Waals surface area (Å²) in [5.74, 6) is 2.38. The maximum Gasteiger partial charge on any atom is 0.194 e. The molecule has 1 unspecified atom stereocenters. The van der Waals surface area contributed by atoms with Gasteiger partial charge in [-0.2, -0.15) is 5.10 Å². The van der Waals surface area contributed by atoms with Crippen LogP contribution in [0.3, 0.4) is 0 Å². The monoisotopic (exact) mass is 512 g/mol. The number of para-hydroxylation sites is 2. The zero-order valence-electron chi connectivity index (χ0n) is 17.6. The Labute approximate surface area is 191 Å². The number of nitrogens with zero attached hydrogens (tertiary/aromatic N) is 5. The van der Waals surface area contributed by atoms with Crippen molar-refractivity contribution in [3.8, 4) is 5.75 Å². The lowest BCUT2D eigenvalue weighted by Crippen LogP contribution is -2.52. The van der Waals surface area contributed by atoms with Crippen LogP contribution in [-0.4, -0.2) is 67.0 Å². The molecule has 0 radical (unpaired) electrons. The van der Waals surface area contributed by atoms with Gasteiger partial charge in [0.1, 0.15) is 5.75 Å². The highest BCUT2D eigenvalue weighted by Crippen LogP contribution is 2.28. The largest absolute Gasteiger partial charge is 0.495 e. The fraction of sp³-hybridized carbons (Fsp3) is 0.524. The van der Waals surface area contributed by atoms with Crippen molar-refractivity contribution in [1.29, 1.82) is 0 Å². The first-order chi connectivity index (χ1) is 13.7. The zero-order chi connectivity index (χ0) is 19.8. The molecule has 0 bridgehead atoms. The van der Waals surface area contributed by atoms with E-state index in [2.05, 4.69) is 46.2 Å². The molecular weight excluding hydrogens is 479 g/mol.